The number of nitrogens with one attached hydrogen (secondary N) is 2. The van der Waals surface area contributed by atoms with Crippen LogP contribution in [0.4, 0.5) is 0 Å². The summed E-state index contributed by atoms with van der Waals surface area (Å²) in [6.07, 6.45) is 4.37. The van der Waals surface area contributed by atoms with Crippen LogP contribution in [0.25, 0.3) is 0 Å². The summed E-state index contributed by atoms with van der Waals surface area (Å²) in [6.45, 7) is 2.90. The molecule has 2 fully saturated rings. The molecule has 0 saturated carbocycles. The Morgan fingerprint density at radius 2 is 2.06 bits per heavy atom. The van der Waals surface area contributed by atoms with Crippen LogP contribution in [0, 0.1) is 0 Å². The van der Waals surface area contributed by atoms with Crippen LogP contribution in [0.15, 0.2) is 0 Å². The molecule has 2 unspecified atom stereocenters. The maximum absolute atomic E-state index is 11.6. The van der Waals surface area contributed by atoms with Gasteiger partial charge >= 0.3 is 11.8 Å². The van der Waals surface area contributed by atoms with Crippen molar-refractivity contribution in [3.05, 3.63) is 0 Å². The van der Waals surface area contributed by atoms with Gasteiger partial charge in [-0.3, -0.25) is 9.59 Å². The third kappa shape index (κ3) is 3.20. The van der Waals surface area contributed by atoms with Crippen molar-refractivity contribution in [1.82, 2.24) is 15.5 Å². The molecule has 2 heterocycles. The predicted octanol–water partition coefficient (Wildman–Crippen LogP) is -1.20. The monoisotopic (exact) mass is 254 g/mol. The third-order valence-electron chi connectivity index (χ3n) is 3.79. The van der Waals surface area contributed by atoms with E-state index in [1.54, 1.807) is 0 Å². The number of rotatable bonds is 3. The summed E-state index contributed by atoms with van der Waals surface area (Å²) in [7, 11) is 0. The smallest absolute Gasteiger partial charge is 0.309 e. The van der Waals surface area contributed by atoms with Gasteiger partial charge in [-0.05, 0) is 32.2 Å². The Hall–Kier alpha value is -1.14. The molecule has 0 bridgehead atoms. The van der Waals surface area contributed by atoms with E-state index in [0.29, 0.717) is 19.1 Å². The number of fused-ring (bicyclic) bond motifs is 1. The second-order valence-electron chi connectivity index (χ2n) is 5.07. The van der Waals surface area contributed by atoms with E-state index >= 15 is 0 Å². The van der Waals surface area contributed by atoms with Crippen molar-refractivity contribution in [3.8, 4) is 0 Å². The highest BCUT2D eigenvalue weighted by Crippen LogP contribution is 2.26. The molecule has 18 heavy (non-hydrogen) atoms. The molecule has 2 atom stereocenters. The van der Waals surface area contributed by atoms with Crippen molar-refractivity contribution >= 4 is 11.8 Å². The number of amides is 2. The first-order valence-corrected chi connectivity index (χ1v) is 6.73. The predicted molar refractivity (Wildman–Crippen MR) is 67.8 cm³/mol. The summed E-state index contributed by atoms with van der Waals surface area (Å²) >= 11 is 0. The number of hydrogen-bond acceptors (Lipinski definition) is 4. The molecule has 0 aromatic heterocycles. The summed E-state index contributed by atoms with van der Waals surface area (Å²) in [4.78, 5) is 25.5. The fourth-order valence-electron chi connectivity index (χ4n) is 2.87. The molecule has 6 heteroatoms. The molecule has 2 aliphatic rings. The zero-order valence-electron chi connectivity index (χ0n) is 10.7. The zero-order valence-corrected chi connectivity index (χ0v) is 10.7. The molecule has 0 aromatic rings. The molecule has 0 radical (unpaired) electrons. The Kier molecular flexibility index (Phi) is 4.54. The number of nitrogens with two attached hydrogens (primary N) is 1. The van der Waals surface area contributed by atoms with E-state index in [0.717, 1.165) is 19.4 Å². The Bertz CT molecular complexity index is 321. The van der Waals surface area contributed by atoms with Gasteiger partial charge in [0.1, 0.15) is 0 Å². The maximum Gasteiger partial charge on any atom is 0.309 e. The van der Waals surface area contributed by atoms with Crippen LogP contribution in [-0.2, 0) is 9.59 Å². The Morgan fingerprint density at radius 3 is 2.83 bits per heavy atom. The number of hydrogen-bond donors (Lipinski definition) is 3. The average molecular weight is 254 g/mol. The lowest BCUT2D eigenvalue weighted by Crippen LogP contribution is -2.51. The fourth-order valence-corrected chi connectivity index (χ4v) is 2.87. The topological polar surface area (TPSA) is 87.5 Å². The Morgan fingerprint density at radius 1 is 1.22 bits per heavy atom. The van der Waals surface area contributed by atoms with Gasteiger partial charge in [0.15, 0.2) is 0 Å². The number of nitrogens with zero attached hydrogens (tertiary/aromatic N) is 1. The standard InChI is InChI=1S/C12H22N4O2/c13-4-5-14-11(17)12(18)15-9-3-7-16-6-1-2-10(16)8-9/h9-10H,1-8,13H2,(H,14,17)(H,15,18). The van der Waals surface area contributed by atoms with E-state index in [4.69, 9.17) is 5.73 Å². The van der Waals surface area contributed by atoms with Gasteiger partial charge in [-0.2, -0.15) is 0 Å². The summed E-state index contributed by atoms with van der Waals surface area (Å²) in [5, 5.41) is 5.30. The van der Waals surface area contributed by atoms with Crippen LogP contribution in [0.1, 0.15) is 25.7 Å². The third-order valence-corrected chi connectivity index (χ3v) is 3.79. The van der Waals surface area contributed by atoms with E-state index in [9.17, 15) is 9.59 Å². The lowest BCUT2D eigenvalue weighted by Gasteiger charge is -2.34. The Balaban J connectivity index is 1.75. The highest BCUT2D eigenvalue weighted by atomic mass is 16.2. The second-order valence-corrected chi connectivity index (χ2v) is 5.07. The molecule has 2 saturated heterocycles. The average Bonchev–Trinajstić information content (AvgIpc) is 2.83. The van der Waals surface area contributed by atoms with Crippen LogP contribution in [-0.4, -0.2) is 55.0 Å². The summed E-state index contributed by atoms with van der Waals surface area (Å²) in [5.74, 6) is -1.10. The first kappa shape index (κ1) is 13.3. The molecule has 2 amide bonds. The van der Waals surface area contributed by atoms with Crippen LogP contribution >= 0.6 is 0 Å². The minimum Gasteiger partial charge on any atom is -0.347 e. The van der Waals surface area contributed by atoms with E-state index < -0.39 is 11.8 Å². The molecule has 6 nitrogen and oxygen atoms in total. The highest BCUT2D eigenvalue weighted by Gasteiger charge is 2.32. The van der Waals surface area contributed by atoms with E-state index in [-0.39, 0.29) is 6.04 Å². The van der Waals surface area contributed by atoms with Crippen molar-refractivity contribution in [1.29, 1.82) is 0 Å². The van der Waals surface area contributed by atoms with Crippen molar-refractivity contribution < 1.29 is 9.59 Å². The lowest BCUT2D eigenvalue weighted by atomic mass is 9.97. The molecule has 2 aliphatic heterocycles. The lowest BCUT2D eigenvalue weighted by molar-refractivity contribution is -0.139. The molecule has 2 rings (SSSR count). The van der Waals surface area contributed by atoms with Gasteiger partial charge in [0.05, 0.1) is 0 Å². The molecular weight excluding hydrogens is 232 g/mol. The summed E-state index contributed by atoms with van der Waals surface area (Å²) in [5.41, 5.74) is 5.27. The number of piperidine rings is 1. The van der Waals surface area contributed by atoms with Gasteiger partial charge < -0.3 is 21.3 Å². The summed E-state index contributed by atoms with van der Waals surface area (Å²) in [6, 6.07) is 0.733. The molecule has 0 spiro atoms. The molecule has 4 N–H and O–H groups in total. The van der Waals surface area contributed by atoms with Gasteiger partial charge in [-0.25, -0.2) is 0 Å². The van der Waals surface area contributed by atoms with Crippen LogP contribution in [0.2, 0.25) is 0 Å². The highest BCUT2D eigenvalue weighted by molar-refractivity contribution is 6.35. The van der Waals surface area contributed by atoms with Gasteiger partial charge in [-0.1, -0.05) is 0 Å². The molecular formula is C12H22N4O2. The number of carbonyl (C=O) groups is 2. The Labute approximate surface area is 107 Å². The van der Waals surface area contributed by atoms with Gasteiger partial charge in [0.25, 0.3) is 0 Å². The zero-order chi connectivity index (χ0) is 13.0. The minimum atomic E-state index is -0.575. The molecule has 0 aromatic carbocycles. The quantitative estimate of drug-likeness (QED) is 0.552. The van der Waals surface area contributed by atoms with Crippen molar-refractivity contribution in [2.45, 2.75) is 37.8 Å². The largest absolute Gasteiger partial charge is 0.347 e. The van der Waals surface area contributed by atoms with Crippen molar-refractivity contribution in [2.24, 2.45) is 5.73 Å². The minimum absolute atomic E-state index is 0.139. The summed E-state index contributed by atoms with van der Waals surface area (Å²) < 4.78 is 0. The SMILES string of the molecule is NCCNC(=O)C(=O)NC1CCN2CCCC2C1. The molecule has 102 valence electrons. The number of carbonyl (C=O) groups excluding carboxylic acids is 2. The van der Waals surface area contributed by atoms with Crippen molar-refractivity contribution in [3.63, 3.8) is 0 Å². The normalized spacial score (nSPS) is 27.6. The van der Waals surface area contributed by atoms with E-state index in [1.807, 2.05) is 0 Å². The van der Waals surface area contributed by atoms with Crippen LogP contribution < -0.4 is 16.4 Å². The molecule has 0 aliphatic carbocycles. The van der Waals surface area contributed by atoms with Crippen LogP contribution in [0.5, 0.6) is 0 Å². The first-order valence-electron chi connectivity index (χ1n) is 6.73. The second kappa shape index (κ2) is 6.15. The van der Waals surface area contributed by atoms with E-state index in [1.165, 1.54) is 19.4 Å². The van der Waals surface area contributed by atoms with E-state index in [2.05, 4.69) is 15.5 Å². The first-order chi connectivity index (χ1) is 8.70. The van der Waals surface area contributed by atoms with Crippen LogP contribution in [0.3, 0.4) is 0 Å². The van der Waals surface area contributed by atoms with Gasteiger partial charge in [0.2, 0.25) is 0 Å². The van der Waals surface area contributed by atoms with Gasteiger partial charge in [-0.15, -0.1) is 0 Å². The fraction of sp³-hybridized carbons (Fsp3) is 0.833. The van der Waals surface area contributed by atoms with Gasteiger partial charge in [0, 0.05) is 31.7 Å². The maximum atomic E-state index is 11.6. The van der Waals surface area contributed by atoms with Crippen molar-refractivity contribution in [2.75, 3.05) is 26.2 Å².